The Morgan fingerprint density at radius 3 is 2.46 bits per heavy atom. The van der Waals surface area contributed by atoms with Crippen LogP contribution in [-0.2, 0) is 4.74 Å². The van der Waals surface area contributed by atoms with Crippen molar-refractivity contribution in [2.75, 3.05) is 25.6 Å². The lowest BCUT2D eigenvalue weighted by molar-refractivity contribution is 0.0943. The number of nitrogens with zero attached hydrogens (tertiary/aromatic N) is 1. The topological polar surface area (TPSA) is 72.5 Å². The molecule has 6 nitrogen and oxygen atoms in total. The first-order valence-electron chi connectivity index (χ1n) is 9.08. The standard InChI is InChI=1S/C22H23N3O3/c1-27-15-5-13-24-22(26)21-16-18(12-14-23-21)25-17-8-10-20(11-9-17)28-19-6-3-2-4-7-19/h2-4,6-12,14,16H,5,13,15H2,1H3,(H,23,25)(H,24,26). The maximum atomic E-state index is 12.2. The molecule has 2 aromatic carbocycles. The molecule has 2 N–H and O–H groups in total. The molecule has 0 unspecified atom stereocenters. The van der Waals surface area contributed by atoms with E-state index in [1.807, 2.05) is 60.7 Å². The highest BCUT2D eigenvalue weighted by molar-refractivity contribution is 5.93. The number of carbonyl (C=O) groups is 1. The fourth-order valence-corrected chi connectivity index (χ4v) is 2.54. The van der Waals surface area contributed by atoms with Crippen LogP contribution in [0.25, 0.3) is 0 Å². The number of nitrogens with one attached hydrogen (secondary N) is 2. The average molecular weight is 377 g/mol. The van der Waals surface area contributed by atoms with E-state index in [1.54, 1.807) is 19.4 Å². The van der Waals surface area contributed by atoms with Crippen LogP contribution in [0.15, 0.2) is 72.9 Å². The summed E-state index contributed by atoms with van der Waals surface area (Å²) in [5.74, 6) is 1.34. The average Bonchev–Trinajstić information content (AvgIpc) is 2.73. The number of carbonyl (C=O) groups excluding carboxylic acids is 1. The van der Waals surface area contributed by atoms with E-state index < -0.39 is 0 Å². The lowest BCUT2D eigenvalue weighted by atomic mass is 10.2. The third-order valence-corrected chi connectivity index (χ3v) is 3.93. The van der Waals surface area contributed by atoms with E-state index >= 15 is 0 Å². The van der Waals surface area contributed by atoms with Gasteiger partial charge in [0.25, 0.3) is 5.91 Å². The summed E-state index contributed by atoms with van der Waals surface area (Å²) in [6, 6.07) is 20.8. The van der Waals surface area contributed by atoms with Crippen LogP contribution in [0.5, 0.6) is 11.5 Å². The highest BCUT2D eigenvalue weighted by Gasteiger charge is 2.07. The summed E-state index contributed by atoms with van der Waals surface area (Å²) in [5, 5.41) is 6.10. The molecule has 3 rings (SSSR count). The van der Waals surface area contributed by atoms with Gasteiger partial charge < -0.3 is 20.1 Å². The van der Waals surface area contributed by atoms with Gasteiger partial charge in [0.15, 0.2) is 0 Å². The minimum atomic E-state index is -0.202. The van der Waals surface area contributed by atoms with Gasteiger partial charge >= 0.3 is 0 Å². The Morgan fingerprint density at radius 1 is 0.964 bits per heavy atom. The second kappa shape index (κ2) is 10.1. The van der Waals surface area contributed by atoms with Crippen LogP contribution in [0, 0.1) is 0 Å². The Balaban J connectivity index is 1.58. The number of aromatic nitrogens is 1. The van der Waals surface area contributed by atoms with Crippen molar-refractivity contribution in [2.24, 2.45) is 0 Å². The van der Waals surface area contributed by atoms with Gasteiger partial charge in [-0.2, -0.15) is 0 Å². The first-order chi connectivity index (χ1) is 13.7. The number of anilines is 2. The molecule has 0 aliphatic carbocycles. The van der Waals surface area contributed by atoms with Crippen LogP contribution >= 0.6 is 0 Å². The van der Waals surface area contributed by atoms with Gasteiger partial charge in [-0.15, -0.1) is 0 Å². The van der Waals surface area contributed by atoms with Crippen molar-refractivity contribution in [2.45, 2.75) is 6.42 Å². The molecule has 0 saturated carbocycles. The van der Waals surface area contributed by atoms with Crippen molar-refractivity contribution in [3.8, 4) is 11.5 Å². The highest BCUT2D eigenvalue weighted by atomic mass is 16.5. The SMILES string of the molecule is COCCCNC(=O)c1cc(Nc2ccc(Oc3ccccc3)cc2)ccn1. The molecule has 6 heteroatoms. The maximum absolute atomic E-state index is 12.2. The lowest BCUT2D eigenvalue weighted by Gasteiger charge is -2.10. The molecule has 1 aromatic heterocycles. The van der Waals surface area contributed by atoms with Gasteiger partial charge in [-0.05, 0) is 55.0 Å². The molecule has 0 aliphatic rings. The molecule has 144 valence electrons. The number of benzene rings is 2. The number of hydrogen-bond donors (Lipinski definition) is 2. The van der Waals surface area contributed by atoms with Crippen LogP contribution in [0.1, 0.15) is 16.9 Å². The van der Waals surface area contributed by atoms with E-state index in [0.29, 0.717) is 18.8 Å². The summed E-state index contributed by atoms with van der Waals surface area (Å²) in [4.78, 5) is 16.3. The van der Waals surface area contributed by atoms with Gasteiger partial charge in [-0.1, -0.05) is 18.2 Å². The number of para-hydroxylation sites is 1. The summed E-state index contributed by atoms with van der Waals surface area (Å²) in [6.45, 7) is 1.16. The molecule has 0 aliphatic heterocycles. The fraction of sp³-hybridized carbons (Fsp3) is 0.182. The zero-order chi connectivity index (χ0) is 19.6. The van der Waals surface area contributed by atoms with E-state index in [9.17, 15) is 4.79 Å². The molecule has 0 radical (unpaired) electrons. The monoisotopic (exact) mass is 377 g/mol. The molecule has 0 saturated heterocycles. The molecule has 1 amide bonds. The molecular weight excluding hydrogens is 354 g/mol. The number of amides is 1. The number of ether oxygens (including phenoxy) is 2. The molecule has 0 spiro atoms. The first kappa shape index (κ1) is 19.4. The Kier molecular flexibility index (Phi) is 6.98. The molecule has 28 heavy (non-hydrogen) atoms. The Bertz CT molecular complexity index is 883. The van der Waals surface area contributed by atoms with Crippen molar-refractivity contribution < 1.29 is 14.3 Å². The largest absolute Gasteiger partial charge is 0.457 e. The van der Waals surface area contributed by atoms with Crippen molar-refractivity contribution in [3.05, 3.63) is 78.6 Å². The number of rotatable bonds is 9. The molecule has 1 heterocycles. The van der Waals surface area contributed by atoms with Gasteiger partial charge in [-0.25, -0.2) is 0 Å². The van der Waals surface area contributed by atoms with Crippen molar-refractivity contribution in [1.82, 2.24) is 10.3 Å². The number of methoxy groups -OCH3 is 1. The van der Waals surface area contributed by atoms with Gasteiger partial charge in [-0.3, -0.25) is 9.78 Å². The van der Waals surface area contributed by atoms with E-state index in [2.05, 4.69) is 15.6 Å². The third kappa shape index (κ3) is 5.82. The van der Waals surface area contributed by atoms with Crippen LogP contribution in [0.2, 0.25) is 0 Å². The van der Waals surface area contributed by atoms with E-state index in [-0.39, 0.29) is 5.91 Å². The molecule has 0 bridgehead atoms. The maximum Gasteiger partial charge on any atom is 0.269 e. The third-order valence-electron chi connectivity index (χ3n) is 3.93. The summed E-state index contributed by atoms with van der Waals surface area (Å²) in [7, 11) is 1.64. The predicted molar refractivity (Wildman–Crippen MR) is 109 cm³/mol. The van der Waals surface area contributed by atoms with Crippen molar-refractivity contribution in [3.63, 3.8) is 0 Å². The summed E-state index contributed by atoms with van der Waals surface area (Å²) < 4.78 is 10.8. The summed E-state index contributed by atoms with van der Waals surface area (Å²) in [6.07, 6.45) is 2.37. The minimum Gasteiger partial charge on any atom is -0.457 e. The van der Waals surface area contributed by atoms with E-state index in [4.69, 9.17) is 9.47 Å². The quantitative estimate of drug-likeness (QED) is 0.541. The number of pyridine rings is 1. The lowest BCUT2D eigenvalue weighted by Crippen LogP contribution is -2.26. The zero-order valence-electron chi connectivity index (χ0n) is 15.7. The van der Waals surface area contributed by atoms with Crippen LogP contribution in [0.4, 0.5) is 11.4 Å². The normalized spacial score (nSPS) is 10.3. The van der Waals surface area contributed by atoms with Crippen LogP contribution in [-0.4, -0.2) is 31.2 Å². The van der Waals surface area contributed by atoms with Crippen molar-refractivity contribution >= 4 is 17.3 Å². The summed E-state index contributed by atoms with van der Waals surface area (Å²) in [5.41, 5.74) is 2.04. The smallest absolute Gasteiger partial charge is 0.269 e. The molecule has 0 atom stereocenters. The zero-order valence-corrected chi connectivity index (χ0v) is 15.7. The predicted octanol–water partition coefficient (Wildman–Crippen LogP) is 4.38. The second-order valence-corrected chi connectivity index (χ2v) is 6.10. The highest BCUT2D eigenvalue weighted by Crippen LogP contribution is 2.24. The molecule has 0 fully saturated rings. The second-order valence-electron chi connectivity index (χ2n) is 6.10. The van der Waals surface area contributed by atoms with Gasteiger partial charge in [0.2, 0.25) is 0 Å². The number of hydrogen-bond acceptors (Lipinski definition) is 5. The van der Waals surface area contributed by atoms with Crippen LogP contribution in [0.3, 0.4) is 0 Å². The van der Waals surface area contributed by atoms with E-state index in [1.165, 1.54) is 0 Å². The fourth-order valence-electron chi connectivity index (χ4n) is 2.54. The summed E-state index contributed by atoms with van der Waals surface area (Å²) >= 11 is 0. The molecular formula is C22H23N3O3. The van der Waals surface area contributed by atoms with Crippen molar-refractivity contribution in [1.29, 1.82) is 0 Å². The molecule has 3 aromatic rings. The van der Waals surface area contributed by atoms with Gasteiger partial charge in [0, 0.05) is 37.8 Å². The Hall–Kier alpha value is -3.38. The first-order valence-corrected chi connectivity index (χ1v) is 9.08. The van der Waals surface area contributed by atoms with E-state index in [0.717, 1.165) is 29.3 Å². The minimum absolute atomic E-state index is 0.202. The Morgan fingerprint density at radius 2 is 1.71 bits per heavy atom. The Labute approximate surface area is 164 Å². The van der Waals surface area contributed by atoms with Gasteiger partial charge in [0.1, 0.15) is 17.2 Å². The van der Waals surface area contributed by atoms with Gasteiger partial charge in [0.05, 0.1) is 0 Å². The van der Waals surface area contributed by atoms with Crippen LogP contribution < -0.4 is 15.4 Å².